The molecular formula is C17H15N3. The number of para-hydroxylation sites is 1. The topological polar surface area (TPSA) is 37.6 Å². The molecule has 0 atom stereocenters. The van der Waals surface area contributed by atoms with Crippen molar-refractivity contribution in [3.05, 3.63) is 48.2 Å². The summed E-state index contributed by atoms with van der Waals surface area (Å²) < 4.78 is 0. The van der Waals surface area contributed by atoms with E-state index in [1.54, 1.807) is 7.05 Å². The van der Waals surface area contributed by atoms with Crippen molar-refractivity contribution in [2.24, 2.45) is 9.98 Å². The number of fused-ring (bicyclic) bond motifs is 3. The molecule has 3 rings (SSSR count). The van der Waals surface area contributed by atoms with E-state index in [4.69, 9.17) is 0 Å². The van der Waals surface area contributed by atoms with Gasteiger partial charge in [-0.2, -0.15) is 0 Å². The molecule has 0 bridgehead atoms. The van der Waals surface area contributed by atoms with Crippen LogP contribution in [0.3, 0.4) is 0 Å². The average Bonchev–Trinajstić information content (AvgIpc) is 2.52. The average molecular weight is 261 g/mol. The Morgan fingerprint density at radius 2 is 1.95 bits per heavy atom. The maximum absolute atomic E-state index is 4.49. The van der Waals surface area contributed by atoms with Gasteiger partial charge in [0.25, 0.3) is 0 Å². The summed E-state index contributed by atoms with van der Waals surface area (Å²) in [7, 11) is 1.79. The Kier molecular flexibility index (Phi) is 3.03. The Labute approximate surface area is 117 Å². The number of aromatic nitrogens is 1. The van der Waals surface area contributed by atoms with E-state index in [0.717, 1.165) is 38.6 Å². The smallest absolute Gasteiger partial charge is 0.0798 e. The lowest BCUT2D eigenvalue weighted by molar-refractivity contribution is 1.40. The van der Waals surface area contributed by atoms with Crippen LogP contribution in [0.5, 0.6) is 0 Å². The number of pyridine rings is 1. The van der Waals surface area contributed by atoms with E-state index in [9.17, 15) is 0 Å². The van der Waals surface area contributed by atoms with Gasteiger partial charge < -0.3 is 0 Å². The molecule has 0 aliphatic rings. The van der Waals surface area contributed by atoms with Crippen molar-refractivity contribution in [3.8, 4) is 0 Å². The number of hydrogen-bond acceptors (Lipinski definition) is 3. The van der Waals surface area contributed by atoms with Gasteiger partial charge in [0, 0.05) is 40.7 Å². The summed E-state index contributed by atoms with van der Waals surface area (Å²) in [6.07, 6.45) is 1.88. The van der Waals surface area contributed by atoms with Crippen molar-refractivity contribution >= 4 is 39.8 Å². The van der Waals surface area contributed by atoms with E-state index in [0.29, 0.717) is 0 Å². The molecule has 2 aromatic carbocycles. The van der Waals surface area contributed by atoms with Crippen LogP contribution >= 0.6 is 0 Å². The number of benzene rings is 2. The monoisotopic (exact) mass is 261 g/mol. The van der Waals surface area contributed by atoms with Crippen molar-refractivity contribution in [1.82, 2.24) is 4.98 Å². The lowest BCUT2D eigenvalue weighted by atomic mass is 9.99. The van der Waals surface area contributed by atoms with Gasteiger partial charge in [-0.15, -0.1) is 0 Å². The van der Waals surface area contributed by atoms with E-state index in [-0.39, 0.29) is 0 Å². The van der Waals surface area contributed by atoms with Gasteiger partial charge in [-0.3, -0.25) is 15.0 Å². The molecule has 3 heteroatoms. The third kappa shape index (κ3) is 1.79. The highest BCUT2D eigenvalue weighted by molar-refractivity contribution is 6.17. The molecule has 3 nitrogen and oxygen atoms in total. The first kappa shape index (κ1) is 12.5. The molecule has 1 heterocycles. The zero-order valence-electron chi connectivity index (χ0n) is 11.6. The molecule has 0 saturated heterocycles. The van der Waals surface area contributed by atoms with Crippen molar-refractivity contribution in [2.45, 2.75) is 6.92 Å². The van der Waals surface area contributed by atoms with Crippen LogP contribution in [0.4, 0.5) is 5.69 Å². The zero-order valence-corrected chi connectivity index (χ0v) is 11.6. The molecule has 0 N–H and O–H groups in total. The maximum atomic E-state index is 4.49. The summed E-state index contributed by atoms with van der Waals surface area (Å²) in [5.74, 6) is 0. The second kappa shape index (κ2) is 4.85. The van der Waals surface area contributed by atoms with E-state index >= 15 is 0 Å². The quantitative estimate of drug-likeness (QED) is 0.504. The van der Waals surface area contributed by atoms with Crippen LogP contribution in [-0.4, -0.2) is 24.5 Å². The van der Waals surface area contributed by atoms with Gasteiger partial charge in [0.1, 0.15) is 0 Å². The summed E-state index contributed by atoms with van der Waals surface area (Å²) in [5, 5.41) is 3.25. The second-order valence-corrected chi connectivity index (χ2v) is 4.67. The summed E-state index contributed by atoms with van der Waals surface area (Å²) in [5.41, 5.74) is 3.82. The highest BCUT2D eigenvalue weighted by atomic mass is 14.7. The molecule has 98 valence electrons. The number of rotatable bonds is 2. The largest absolute Gasteiger partial charge is 0.293 e. The SMILES string of the molecule is C=Nc1c(C(C)=NC)ccc2cnc3ccccc3c12. The van der Waals surface area contributed by atoms with Crippen LogP contribution in [0.15, 0.2) is 52.6 Å². The molecule has 1 aromatic heterocycles. The Balaban J connectivity index is 2.54. The van der Waals surface area contributed by atoms with Crippen LogP contribution in [0.2, 0.25) is 0 Å². The normalized spacial score (nSPS) is 12.0. The summed E-state index contributed by atoms with van der Waals surface area (Å²) in [6, 6.07) is 12.2. The van der Waals surface area contributed by atoms with Gasteiger partial charge in [0.05, 0.1) is 11.2 Å². The minimum absolute atomic E-state index is 0.879. The number of aliphatic imine (C=N–C) groups is 2. The lowest BCUT2D eigenvalue weighted by Gasteiger charge is -2.11. The van der Waals surface area contributed by atoms with Gasteiger partial charge in [-0.1, -0.05) is 30.3 Å². The molecular weight excluding hydrogens is 246 g/mol. The van der Waals surface area contributed by atoms with E-state index < -0.39 is 0 Å². The van der Waals surface area contributed by atoms with Crippen molar-refractivity contribution in [1.29, 1.82) is 0 Å². The standard InChI is InChI=1S/C17H15N3/c1-11(18-2)13-9-8-12-10-20-15-7-5-4-6-14(15)16(12)17(13)19-3/h4-10H,3H2,1-2H3. The molecule has 0 saturated carbocycles. The van der Waals surface area contributed by atoms with E-state index in [2.05, 4.69) is 33.8 Å². The van der Waals surface area contributed by atoms with Crippen molar-refractivity contribution < 1.29 is 0 Å². The first-order valence-corrected chi connectivity index (χ1v) is 6.47. The molecule has 0 aliphatic carbocycles. The molecule has 0 unspecified atom stereocenters. The highest BCUT2D eigenvalue weighted by Crippen LogP contribution is 2.35. The number of hydrogen-bond donors (Lipinski definition) is 0. The maximum Gasteiger partial charge on any atom is 0.0798 e. The Morgan fingerprint density at radius 3 is 2.70 bits per heavy atom. The van der Waals surface area contributed by atoms with Crippen LogP contribution in [0, 0.1) is 0 Å². The van der Waals surface area contributed by atoms with Gasteiger partial charge >= 0.3 is 0 Å². The van der Waals surface area contributed by atoms with Crippen molar-refractivity contribution in [3.63, 3.8) is 0 Å². The van der Waals surface area contributed by atoms with E-state index in [1.165, 1.54) is 0 Å². The lowest BCUT2D eigenvalue weighted by Crippen LogP contribution is -1.96. The minimum atomic E-state index is 0.879. The van der Waals surface area contributed by atoms with Gasteiger partial charge in [0.2, 0.25) is 0 Å². The minimum Gasteiger partial charge on any atom is -0.293 e. The first-order valence-electron chi connectivity index (χ1n) is 6.47. The fourth-order valence-corrected chi connectivity index (χ4v) is 2.51. The fraction of sp³-hybridized carbons (Fsp3) is 0.118. The third-order valence-electron chi connectivity index (χ3n) is 3.61. The van der Waals surface area contributed by atoms with Gasteiger partial charge in [-0.25, -0.2) is 0 Å². The van der Waals surface area contributed by atoms with Gasteiger partial charge in [0.15, 0.2) is 0 Å². The van der Waals surface area contributed by atoms with Crippen LogP contribution in [0.25, 0.3) is 21.7 Å². The second-order valence-electron chi connectivity index (χ2n) is 4.67. The molecule has 0 spiro atoms. The predicted molar refractivity (Wildman–Crippen MR) is 86.6 cm³/mol. The van der Waals surface area contributed by atoms with Crippen LogP contribution < -0.4 is 0 Å². The molecule has 0 amide bonds. The molecule has 0 radical (unpaired) electrons. The third-order valence-corrected chi connectivity index (χ3v) is 3.61. The Bertz CT molecular complexity index is 847. The first-order chi connectivity index (χ1) is 9.76. The Hall–Kier alpha value is -2.55. The van der Waals surface area contributed by atoms with Crippen LogP contribution in [0.1, 0.15) is 12.5 Å². The molecule has 0 fully saturated rings. The molecule has 0 aliphatic heterocycles. The zero-order chi connectivity index (χ0) is 14.1. The predicted octanol–water partition coefficient (Wildman–Crippen LogP) is 4.16. The Morgan fingerprint density at radius 1 is 1.15 bits per heavy atom. The van der Waals surface area contributed by atoms with E-state index in [1.807, 2.05) is 37.4 Å². The summed E-state index contributed by atoms with van der Waals surface area (Å²) in [6.45, 7) is 5.73. The fourth-order valence-electron chi connectivity index (χ4n) is 2.51. The number of nitrogens with zero attached hydrogens (tertiary/aromatic N) is 3. The van der Waals surface area contributed by atoms with Gasteiger partial charge in [-0.05, 0) is 19.7 Å². The van der Waals surface area contributed by atoms with Crippen molar-refractivity contribution in [2.75, 3.05) is 7.05 Å². The summed E-state index contributed by atoms with van der Waals surface area (Å²) in [4.78, 5) is 13.0. The highest BCUT2D eigenvalue weighted by Gasteiger charge is 2.11. The summed E-state index contributed by atoms with van der Waals surface area (Å²) >= 11 is 0. The molecule has 20 heavy (non-hydrogen) atoms. The van der Waals surface area contributed by atoms with Crippen LogP contribution in [-0.2, 0) is 0 Å². The molecule has 3 aromatic rings.